The molecule has 0 radical (unpaired) electrons. The Kier molecular flexibility index (Phi) is 3.49. The Bertz CT molecular complexity index is 899. The third kappa shape index (κ3) is 2.33. The molecule has 5 nitrogen and oxygen atoms in total. The topological polar surface area (TPSA) is 47.4 Å². The number of aromatic nitrogens is 2. The third-order valence-electron chi connectivity index (χ3n) is 4.70. The molecule has 2 aromatic carbocycles. The summed E-state index contributed by atoms with van der Waals surface area (Å²) in [6, 6.07) is 15.7. The lowest BCUT2D eigenvalue weighted by Gasteiger charge is -2.17. The van der Waals surface area contributed by atoms with Gasteiger partial charge in [0, 0.05) is 31.6 Å². The van der Waals surface area contributed by atoms with Crippen molar-refractivity contribution in [1.82, 2.24) is 9.55 Å². The molecule has 0 saturated carbocycles. The molecule has 1 saturated heterocycles. The molecule has 122 valence electrons. The first-order valence-corrected chi connectivity index (χ1v) is 8.03. The zero-order valence-corrected chi connectivity index (χ0v) is 13.8. The lowest BCUT2D eigenvalue weighted by atomic mass is 10.1. The van der Waals surface area contributed by atoms with E-state index in [1.165, 1.54) is 0 Å². The molecule has 1 aliphatic heterocycles. The van der Waals surface area contributed by atoms with Crippen LogP contribution in [-0.2, 0) is 11.8 Å². The van der Waals surface area contributed by atoms with Gasteiger partial charge < -0.3 is 14.2 Å². The molecule has 1 fully saturated rings. The number of carbonyl (C=O) groups is 1. The van der Waals surface area contributed by atoms with E-state index in [4.69, 9.17) is 9.72 Å². The first kappa shape index (κ1) is 14.8. The van der Waals surface area contributed by atoms with Gasteiger partial charge in [0.1, 0.15) is 11.6 Å². The summed E-state index contributed by atoms with van der Waals surface area (Å²) in [5.74, 6) is 2.01. The van der Waals surface area contributed by atoms with Crippen LogP contribution in [0.5, 0.6) is 5.75 Å². The highest BCUT2D eigenvalue weighted by atomic mass is 16.5. The lowest BCUT2D eigenvalue weighted by Crippen LogP contribution is -2.24. The van der Waals surface area contributed by atoms with E-state index in [2.05, 4.69) is 10.6 Å². The maximum absolute atomic E-state index is 12.5. The van der Waals surface area contributed by atoms with Crippen molar-refractivity contribution >= 4 is 22.6 Å². The number of imidazole rings is 1. The van der Waals surface area contributed by atoms with Crippen LogP contribution in [0.25, 0.3) is 11.0 Å². The van der Waals surface area contributed by atoms with E-state index < -0.39 is 0 Å². The van der Waals surface area contributed by atoms with Gasteiger partial charge in [0.15, 0.2) is 0 Å². The number of hydrogen-bond donors (Lipinski definition) is 0. The van der Waals surface area contributed by atoms with Crippen LogP contribution < -0.4 is 9.64 Å². The van der Waals surface area contributed by atoms with Gasteiger partial charge in [0.2, 0.25) is 5.91 Å². The number of hydrogen-bond acceptors (Lipinski definition) is 3. The second-order valence-corrected chi connectivity index (χ2v) is 6.12. The van der Waals surface area contributed by atoms with Crippen molar-refractivity contribution in [2.45, 2.75) is 12.3 Å². The summed E-state index contributed by atoms with van der Waals surface area (Å²) in [7, 11) is 3.66. The second-order valence-electron chi connectivity index (χ2n) is 6.12. The maximum Gasteiger partial charge on any atom is 0.227 e. The molecule has 1 amide bonds. The molecule has 2 heterocycles. The van der Waals surface area contributed by atoms with E-state index in [9.17, 15) is 4.79 Å². The summed E-state index contributed by atoms with van der Waals surface area (Å²) in [6.07, 6.45) is 0.489. The fraction of sp³-hybridized carbons (Fsp3) is 0.263. The molecule has 0 spiro atoms. The van der Waals surface area contributed by atoms with E-state index in [0.29, 0.717) is 13.0 Å². The van der Waals surface area contributed by atoms with Crippen molar-refractivity contribution < 1.29 is 9.53 Å². The normalized spacial score (nSPS) is 17.7. The van der Waals surface area contributed by atoms with Crippen molar-refractivity contribution in [3.05, 3.63) is 54.4 Å². The molecule has 0 N–H and O–H groups in total. The summed E-state index contributed by atoms with van der Waals surface area (Å²) in [5.41, 5.74) is 2.98. The number of anilines is 1. The van der Waals surface area contributed by atoms with E-state index in [-0.39, 0.29) is 11.8 Å². The van der Waals surface area contributed by atoms with E-state index in [0.717, 1.165) is 28.3 Å². The Morgan fingerprint density at radius 2 is 1.88 bits per heavy atom. The van der Waals surface area contributed by atoms with Gasteiger partial charge in [-0.3, -0.25) is 4.79 Å². The van der Waals surface area contributed by atoms with Crippen molar-refractivity contribution in [2.75, 3.05) is 18.6 Å². The number of amides is 1. The molecule has 1 atom stereocenters. The number of ether oxygens (including phenoxy) is 1. The smallest absolute Gasteiger partial charge is 0.227 e. The SMILES string of the molecule is COc1ccc(N2C[C@H](c3nc4ccccc4n3C)CC2=O)cc1. The minimum absolute atomic E-state index is 0.108. The van der Waals surface area contributed by atoms with Crippen molar-refractivity contribution in [3.63, 3.8) is 0 Å². The summed E-state index contributed by atoms with van der Waals surface area (Å²) < 4.78 is 7.28. The number of methoxy groups -OCH3 is 1. The summed E-state index contributed by atoms with van der Waals surface area (Å²) >= 11 is 0. The monoisotopic (exact) mass is 321 g/mol. The molecule has 0 unspecified atom stereocenters. The number of para-hydroxylation sites is 2. The van der Waals surface area contributed by atoms with Gasteiger partial charge in [0.05, 0.1) is 18.1 Å². The predicted molar refractivity (Wildman–Crippen MR) is 93.4 cm³/mol. The van der Waals surface area contributed by atoms with Crippen LogP contribution in [0, 0.1) is 0 Å². The van der Waals surface area contributed by atoms with Crippen molar-refractivity contribution in [3.8, 4) is 5.75 Å². The van der Waals surface area contributed by atoms with Crippen LogP contribution >= 0.6 is 0 Å². The minimum Gasteiger partial charge on any atom is -0.497 e. The number of aryl methyl sites for hydroxylation is 1. The van der Waals surface area contributed by atoms with Gasteiger partial charge in [-0.25, -0.2) is 4.98 Å². The number of rotatable bonds is 3. The van der Waals surface area contributed by atoms with Gasteiger partial charge in [-0.05, 0) is 36.4 Å². The number of benzene rings is 2. The van der Waals surface area contributed by atoms with Gasteiger partial charge in [0.25, 0.3) is 0 Å². The van der Waals surface area contributed by atoms with Gasteiger partial charge in [-0.2, -0.15) is 0 Å². The van der Waals surface area contributed by atoms with E-state index in [1.807, 2.05) is 54.4 Å². The molecule has 0 aliphatic carbocycles. The standard InChI is InChI=1S/C19H19N3O2/c1-21-17-6-4-3-5-16(17)20-19(21)13-11-18(23)22(12-13)14-7-9-15(24-2)10-8-14/h3-10,13H,11-12H2,1-2H3/t13-/m1/s1. The second kappa shape index (κ2) is 5.67. The highest BCUT2D eigenvalue weighted by molar-refractivity contribution is 5.96. The molecular formula is C19H19N3O2. The van der Waals surface area contributed by atoms with Crippen LogP contribution in [0.1, 0.15) is 18.2 Å². The number of carbonyl (C=O) groups excluding carboxylic acids is 1. The fourth-order valence-corrected chi connectivity index (χ4v) is 3.42. The maximum atomic E-state index is 12.5. The Morgan fingerprint density at radius 3 is 2.58 bits per heavy atom. The van der Waals surface area contributed by atoms with E-state index in [1.54, 1.807) is 7.11 Å². The average molecular weight is 321 g/mol. The highest BCUT2D eigenvalue weighted by Crippen LogP contribution is 2.33. The molecule has 24 heavy (non-hydrogen) atoms. The minimum atomic E-state index is 0.108. The summed E-state index contributed by atoms with van der Waals surface area (Å²) in [5, 5.41) is 0. The van der Waals surface area contributed by atoms with Gasteiger partial charge >= 0.3 is 0 Å². The molecule has 1 aromatic heterocycles. The highest BCUT2D eigenvalue weighted by Gasteiger charge is 2.34. The van der Waals surface area contributed by atoms with Crippen molar-refractivity contribution in [2.24, 2.45) is 7.05 Å². The molecule has 4 rings (SSSR count). The fourth-order valence-electron chi connectivity index (χ4n) is 3.42. The Hall–Kier alpha value is -2.82. The number of nitrogens with zero attached hydrogens (tertiary/aromatic N) is 3. The molecule has 3 aromatic rings. The summed E-state index contributed by atoms with van der Waals surface area (Å²) in [6.45, 7) is 0.655. The average Bonchev–Trinajstić information content (AvgIpc) is 3.16. The van der Waals surface area contributed by atoms with Gasteiger partial charge in [-0.15, -0.1) is 0 Å². The molecule has 5 heteroatoms. The Balaban J connectivity index is 1.64. The Morgan fingerprint density at radius 1 is 1.12 bits per heavy atom. The predicted octanol–water partition coefficient (Wildman–Crippen LogP) is 3.10. The largest absolute Gasteiger partial charge is 0.497 e. The first-order chi connectivity index (χ1) is 11.7. The van der Waals surface area contributed by atoms with E-state index >= 15 is 0 Å². The Labute approximate surface area is 140 Å². The third-order valence-corrected chi connectivity index (χ3v) is 4.70. The molecule has 1 aliphatic rings. The lowest BCUT2D eigenvalue weighted by molar-refractivity contribution is -0.117. The first-order valence-electron chi connectivity index (χ1n) is 8.03. The van der Waals surface area contributed by atoms with Crippen LogP contribution in [0.4, 0.5) is 5.69 Å². The number of fused-ring (bicyclic) bond motifs is 1. The quantitative estimate of drug-likeness (QED) is 0.745. The van der Waals surface area contributed by atoms with Crippen LogP contribution in [0.3, 0.4) is 0 Å². The molecule has 0 bridgehead atoms. The van der Waals surface area contributed by atoms with Crippen molar-refractivity contribution in [1.29, 1.82) is 0 Å². The summed E-state index contributed by atoms with van der Waals surface area (Å²) in [4.78, 5) is 19.1. The zero-order valence-electron chi connectivity index (χ0n) is 13.8. The van der Waals surface area contributed by atoms with Gasteiger partial charge in [-0.1, -0.05) is 12.1 Å². The molecular weight excluding hydrogens is 302 g/mol. The van der Waals surface area contributed by atoms with Crippen LogP contribution in [-0.4, -0.2) is 29.1 Å². The zero-order chi connectivity index (χ0) is 16.7. The van der Waals surface area contributed by atoms with Crippen LogP contribution in [0.2, 0.25) is 0 Å². The van der Waals surface area contributed by atoms with Crippen LogP contribution in [0.15, 0.2) is 48.5 Å².